The molecule has 1 heterocycles. The molecular weight excluding hydrogens is 232 g/mol. The molecule has 1 aliphatic carbocycles. The molecule has 0 aromatic heterocycles. The third kappa shape index (κ3) is 1.82. The van der Waals surface area contributed by atoms with Gasteiger partial charge in [-0.05, 0) is 33.6 Å². The zero-order chi connectivity index (χ0) is 13.6. The Morgan fingerprint density at radius 2 is 1.56 bits per heavy atom. The van der Waals surface area contributed by atoms with Crippen LogP contribution in [-0.4, -0.2) is 28.3 Å². The first-order valence-corrected chi connectivity index (χ1v) is 6.49. The number of hydrogen-bond donors (Lipinski definition) is 1. The average Bonchev–Trinajstić information content (AvgIpc) is 2.27. The fraction of sp³-hybridized carbons (Fsp3) is 0.769. The van der Waals surface area contributed by atoms with Gasteiger partial charge in [0.2, 0.25) is 11.8 Å². The maximum absolute atomic E-state index is 12.4. The lowest BCUT2D eigenvalue weighted by Crippen LogP contribution is -2.68. The van der Waals surface area contributed by atoms with Crippen LogP contribution in [-0.2, 0) is 9.59 Å². The Hall–Kier alpha value is -1.39. The van der Waals surface area contributed by atoms with Gasteiger partial charge in [-0.1, -0.05) is 19.3 Å². The van der Waals surface area contributed by atoms with E-state index in [1.807, 2.05) is 6.92 Å². The molecule has 4 amide bonds. The number of urea groups is 1. The number of imide groups is 2. The average molecular weight is 252 g/mol. The highest BCUT2D eigenvalue weighted by Gasteiger charge is 2.52. The quantitative estimate of drug-likeness (QED) is 0.724. The minimum absolute atomic E-state index is 0.374. The number of hydrogen-bond acceptors (Lipinski definition) is 3. The smallest absolute Gasteiger partial charge is 0.277 e. The Morgan fingerprint density at radius 3 is 2.11 bits per heavy atom. The van der Waals surface area contributed by atoms with E-state index in [-0.39, 0.29) is 5.91 Å². The van der Waals surface area contributed by atoms with Crippen molar-refractivity contribution in [3.63, 3.8) is 0 Å². The van der Waals surface area contributed by atoms with Crippen LogP contribution in [0.25, 0.3) is 0 Å². The van der Waals surface area contributed by atoms with Crippen molar-refractivity contribution in [1.82, 2.24) is 10.2 Å². The maximum atomic E-state index is 12.4. The Bertz CT molecular complexity index is 408. The predicted molar refractivity (Wildman–Crippen MR) is 65.7 cm³/mol. The standard InChI is InChI=1S/C13H20N2O3/c1-12(2)9(16)14-11(18)15(10(12)17)13(3)7-5-4-6-8-13/h4-8H2,1-3H3,(H,14,16,18). The van der Waals surface area contributed by atoms with Gasteiger partial charge in [-0.2, -0.15) is 0 Å². The summed E-state index contributed by atoms with van der Waals surface area (Å²) < 4.78 is 0. The van der Waals surface area contributed by atoms with E-state index in [9.17, 15) is 14.4 Å². The number of barbiturate groups is 1. The van der Waals surface area contributed by atoms with E-state index in [1.165, 1.54) is 4.90 Å². The predicted octanol–water partition coefficient (Wildman–Crippen LogP) is 1.81. The molecule has 1 saturated heterocycles. The summed E-state index contributed by atoms with van der Waals surface area (Å²) in [5, 5.41) is 2.30. The summed E-state index contributed by atoms with van der Waals surface area (Å²) in [6.07, 6.45) is 4.80. The lowest BCUT2D eigenvalue weighted by molar-refractivity contribution is -0.153. The SMILES string of the molecule is CC1(C)C(=O)NC(=O)N(C2(C)CCCCC2)C1=O. The topological polar surface area (TPSA) is 66.5 Å². The first-order chi connectivity index (χ1) is 8.29. The molecule has 18 heavy (non-hydrogen) atoms. The Kier molecular flexibility index (Phi) is 2.95. The zero-order valence-electron chi connectivity index (χ0n) is 11.2. The van der Waals surface area contributed by atoms with Crippen molar-refractivity contribution >= 4 is 17.8 Å². The number of nitrogens with one attached hydrogen (secondary N) is 1. The van der Waals surface area contributed by atoms with E-state index in [1.54, 1.807) is 13.8 Å². The van der Waals surface area contributed by atoms with Gasteiger partial charge in [-0.15, -0.1) is 0 Å². The van der Waals surface area contributed by atoms with E-state index in [0.717, 1.165) is 32.1 Å². The molecule has 0 bridgehead atoms. The van der Waals surface area contributed by atoms with Crippen molar-refractivity contribution in [3.8, 4) is 0 Å². The number of nitrogens with zero attached hydrogens (tertiary/aromatic N) is 1. The van der Waals surface area contributed by atoms with Crippen molar-refractivity contribution < 1.29 is 14.4 Å². The van der Waals surface area contributed by atoms with E-state index >= 15 is 0 Å². The van der Waals surface area contributed by atoms with Gasteiger partial charge in [0.05, 0.1) is 0 Å². The third-order valence-corrected chi connectivity index (χ3v) is 4.20. The van der Waals surface area contributed by atoms with E-state index in [0.29, 0.717) is 0 Å². The summed E-state index contributed by atoms with van der Waals surface area (Å²) in [5.74, 6) is -0.881. The summed E-state index contributed by atoms with van der Waals surface area (Å²) in [6.45, 7) is 5.07. The van der Waals surface area contributed by atoms with Crippen LogP contribution < -0.4 is 5.32 Å². The lowest BCUT2D eigenvalue weighted by Gasteiger charge is -2.47. The monoisotopic (exact) mass is 252 g/mol. The number of rotatable bonds is 1. The molecule has 0 atom stereocenters. The van der Waals surface area contributed by atoms with Gasteiger partial charge in [0.25, 0.3) is 0 Å². The minimum Gasteiger partial charge on any atom is -0.277 e. The highest BCUT2D eigenvalue weighted by atomic mass is 16.2. The molecule has 1 saturated carbocycles. The molecule has 0 spiro atoms. The number of carbonyl (C=O) groups is 3. The zero-order valence-corrected chi connectivity index (χ0v) is 11.2. The molecule has 0 aromatic rings. The van der Waals surface area contributed by atoms with Crippen LogP contribution in [0, 0.1) is 5.41 Å². The second kappa shape index (κ2) is 4.07. The summed E-state index contributed by atoms with van der Waals surface area (Å²) in [6, 6.07) is -0.561. The Morgan fingerprint density at radius 1 is 1.00 bits per heavy atom. The Labute approximate surface area is 107 Å². The molecule has 2 aliphatic rings. The van der Waals surface area contributed by atoms with Gasteiger partial charge < -0.3 is 0 Å². The molecule has 1 aliphatic heterocycles. The van der Waals surface area contributed by atoms with Crippen LogP contribution in [0.4, 0.5) is 4.79 Å². The number of carbonyl (C=O) groups excluding carboxylic acids is 3. The van der Waals surface area contributed by atoms with Crippen LogP contribution in [0.2, 0.25) is 0 Å². The first-order valence-electron chi connectivity index (χ1n) is 6.49. The van der Waals surface area contributed by atoms with Crippen molar-refractivity contribution in [2.75, 3.05) is 0 Å². The molecule has 0 unspecified atom stereocenters. The normalized spacial score (nSPS) is 27.1. The molecule has 2 rings (SSSR count). The van der Waals surface area contributed by atoms with Crippen LogP contribution in [0.1, 0.15) is 52.9 Å². The van der Waals surface area contributed by atoms with Gasteiger partial charge in [-0.3, -0.25) is 19.8 Å². The highest BCUT2D eigenvalue weighted by Crippen LogP contribution is 2.37. The van der Waals surface area contributed by atoms with Gasteiger partial charge >= 0.3 is 6.03 Å². The van der Waals surface area contributed by atoms with Crippen molar-refractivity contribution in [1.29, 1.82) is 0 Å². The van der Waals surface area contributed by atoms with E-state index < -0.39 is 22.9 Å². The second-order valence-electron chi connectivity index (χ2n) is 6.08. The fourth-order valence-corrected chi connectivity index (χ4v) is 2.81. The fourth-order valence-electron chi connectivity index (χ4n) is 2.81. The molecule has 5 heteroatoms. The van der Waals surface area contributed by atoms with E-state index in [2.05, 4.69) is 5.32 Å². The number of amides is 4. The van der Waals surface area contributed by atoms with Crippen molar-refractivity contribution in [2.45, 2.75) is 58.4 Å². The summed E-state index contributed by atoms with van der Waals surface area (Å²) in [5.41, 5.74) is -1.61. The highest BCUT2D eigenvalue weighted by molar-refractivity contribution is 6.19. The van der Waals surface area contributed by atoms with Crippen molar-refractivity contribution in [3.05, 3.63) is 0 Å². The molecule has 2 fully saturated rings. The van der Waals surface area contributed by atoms with Crippen LogP contribution in [0.3, 0.4) is 0 Å². The molecule has 100 valence electrons. The molecule has 0 aromatic carbocycles. The largest absolute Gasteiger partial charge is 0.331 e. The van der Waals surface area contributed by atoms with Crippen LogP contribution in [0.5, 0.6) is 0 Å². The molecule has 1 N–H and O–H groups in total. The van der Waals surface area contributed by atoms with Gasteiger partial charge in [0.1, 0.15) is 5.41 Å². The molecule has 0 radical (unpaired) electrons. The first kappa shape index (κ1) is 13.1. The van der Waals surface area contributed by atoms with E-state index in [4.69, 9.17) is 0 Å². The van der Waals surface area contributed by atoms with Crippen LogP contribution >= 0.6 is 0 Å². The lowest BCUT2D eigenvalue weighted by atomic mass is 9.79. The van der Waals surface area contributed by atoms with Gasteiger partial charge in [0.15, 0.2) is 0 Å². The van der Waals surface area contributed by atoms with Gasteiger partial charge in [0, 0.05) is 5.54 Å². The third-order valence-electron chi connectivity index (χ3n) is 4.20. The van der Waals surface area contributed by atoms with Gasteiger partial charge in [-0.25, -0.2) is 4.79 Å². The summed E-state index contributed by atoms with van der Waals surface area (Å²) >= 11 is 0. The van der Waals surface area contributed by atoms with Crippen LogP contribution in [0.15, 0.2) is 0 Å². The molecule has 5 nitrogen and oxygen atoms in total. The summed E-state index contributed by atoms with van der Waals surface area (Å²) in [4.78, 5) is 37.4. The molecular formula is C13H20N2O3. The van der Waals surface area contributed by atoms with Crippen molar-refractivity contribution in [2.24, 2.45) is 5.41 Å². The maximum Gasteiger partial charge on any atom is 0.331 e. The Balaban J connectivity index is 2.34. The second-order valence-corrected chi connectivity index (χ2v) is 6.08. The minimum atomic E-state index is -1.16. The summed E-state index contributed by atoms with van der Waals surface area (Å²) in [7, 11) is 0.